The largest absolute Gasteiger partial charge is 0.465 e. The minimum absolute atomic E-state index is 0.244. The summed E-state index contributed by atoms with van der Waals surface area (Å²) < 4.78 is 5.65. The number of hydrogen-bond donors (Lipinski definition) is 1. The fourth-order valence-corrected chi connectivity index (χ4v) is 3.30. The molecule has 0 spiro atoms. The number of anilines is 1. The van der Waals surface area contributed by atoms with Gasteiger partial charge < -0.3 is 10.1 Å². The number of ether oxygens (including phenoxy) is 1. The van der Waals surface area contributed by atoms with E-state index in [1.807, 2.05) is 31.4 Å². The van der Waals surface area contributed by atoms with Crippen molar-refractivity contribution in [2.24, 2.45) is 0 Å². The monoisotopic (exact) mass is 367 g/mol. The molecule has 110 valence electrons. The summed E-state index contributed by atoms with van der Waals surface area (Å²) in [4.78, 5) is 24.5. The third kappa shape index (κ3) is 3.33. The second kappa shape index (κ2) is 6.41. The van der Waals surface area contributed by atoms with Gasteiger partial charge in [0, 0.05) is 10.0 Å². The molecule has 4 nitrogen and oxygen atoms in total. The lowest BCUT2D eigenvalue weighted by Crippen LogP contribution is -2.15. The zero-order chi connectivity index (χ0) is 15.6. The number of rotatable bonds is 3. The molecule has 1 aromatic carbocycles. The van der Waals surface area contributed by atoms with Crippen LogP contribution in [0.15, 0.2) is 28.1 Å². The molecule has 6 heteroatoms. The van der Waals surface area contributed by atoms with Gasteiger partial charge in [-0.25, -0.2) is 4.79 Å². The SMILES string of the molecule is COC(=O)c1scc(C)c1NC(=O)c1ccc(Br)cc1C. The quantitative estimate of drug-likeness (QED) is 0.828. The van der Waals surface area contributed by atoms with Crippen molar-refractivity contribution in [1.29, 1.82) is 0 Å². The zero-order valence-electron chi connectivity index (χ0n) is 11.8. The number of esters is 1. The van der Waals surface area contributed by atoms with Gasteiger partial charge in [0.05, 0.1) is 12.8 Å². The van der Waals surface area contributed by atoms with Crippen molar-refractivity contribution >= 4 is 44.8 Å². The molecule has 0 aliphatic carbocycles. The number of nitrogens with one attached hydrogen (secondary N) is 1. The van der Waals surface area contributed by atoms with E-state index in [9.17, 15) is 9.59 Å². The molecule has 0 aliphatic rings. The highest BCUT2D eigenvalue weighted by Gasteiger charge is 2.19. The number of carbonyl (C=O) groups excluding carboxylic acids is 2. The first-order valence-corrected chi connectivity index (χ1v) is 7.85. The number of halogens is 1. The van der Waals surface area contributed by atoms with Crippen LogP contribution in [-0.4, -0.2) is 19.0 Å². The predicted molar refractivity (Wildman–Crippen MR) is 87.2 cm³/mol. The first-order chi connectivity index (χ1) is 9.93. The topological polar surface area (TPSA) is 55.4 Å². The Balaban J connectivity index is 2.32. The number of carbonyl (C=O) groups is 2. The molecule has 1 aromatic heterocycles. The molecule has 0 saturated carbocycles. The van der Waals surface area contributed by atoms with Crippen molar-refractivity contribution in [3.05, 3.63) is 49.6 Å². The number of thiophene rings is 1. The van der Waals surface area contributed by atoms with Gasteiger partial charge in [-0.05, 0) is 48.6 Å². The molecule has 0 unspecified atom stereocenters. The van der Waals surface area contributed by atoms with Crippen molar-refractivity contribution in [2.75, 3.05) is 12.4 Å². The van der Waals surface area contributed by atoms with Gasteiger partial charge in [-0.15, -0.1) is 11.3 Å². The predicted octanol–water partition coefficient (Wildman–Crippen LogP) is 4.17. The van der Waals surface area contributed by atoms with Crippen LogP contribution >= 0.6 is 27.3 Å². The van der Waals surface area contributed by atoms with E-state index in [1.165, 1.54) is 18.4 Å². The highest BCUT2D eigenvalue weighted by molar-refractivity contribution is 9.10. The second-order valence-electron chi connectivity index (χ2n) is 4.53. The van der Waals surface area contributed by atoms with Crippen LogP contribution < -0.4 is 5.32 Å². The van der Waals surface area contributed by atoms with Gasteiger partial charge in [-0.1, -0.05) is 15.9 Å². The Bertz CT molecular complexity index is 709. The van der Waals surface area contributed by atoms with Crippen LogP contribution in [0.1, 0.15) is 31.2 Å². The van der Waals surface area contributed by atoms with E-state index >= 15 is 0 Å². The van der Waals surface area contributed by atoms with E-state index < -0.39 is 5.97 Å². The fourth-order valence-electron chi connectivity index (χ4n) is 1.91. The third-order valence-electron chi connectivity index (χ3n) is 3.02. The summed E-state index contributed by atoms with van der Waals surface area (Å²) in [6.07, 6.45) is 0. The van der Waals surface area contributed by atoms with E-state index in [-0.39, 0.29) is 5.91 Å². The van der Waals surface area contributed by atoms with E-state index in [0.29, 0.717) is 16.1 Å². The number of methoxy groups -OCH3 is 1. The lowest BCUT2D eigenvalue weighted by molar-refractivity contribution is 0.0607. The maximum Gasteiger partial charge on any atom is 0.350 e. The summed E-state index contributed by atoms with van der Waals surface area (Å²) in [5, 5.41) is 4.62. The lowest BCUT2D eigenvalue weighted by Gasteiger charge is -2.09. The molecule has 2 aromatic rings. The van der Waals surface area contributed by atoms with Gasteiger partial charge in [-0.3, -0.25) is 4.79 Å². The molecule has 21 heavy (non-hydrogen) atoms. The van der Waals surface area contributed by atoms with Gasteiger partial charge >= 0.3 is 5.97 Å². The van der Waals surface area contributed by atoms with E-state index in [1.54, 1.807) is 6.07 Å². The van der Waals surface area contributed by atoms with Crippen LogP contribution in [0.25, 0.3) is 0 Å². The number of amides is 1. The Labute approximate surface area is 135 Å². The molecule has 0 saturated heterocycles. The van der Waals surface area contributed by atoms with Gasteiger partial charge in [0.2, 0.25) is 0 Å². The van der Waals surface area contributed by atoms with Gasteiger partial charge in [0.25, 0.3) is 5.91 Å². The van der Waals surface area contributed by atoms with Crippen molar-refractivity contribution in [1.82, 2.24) is 0 Å². The average molecular weight is 368 g/mol. The molecule has 2 rings (SSSR count). The molecular weight excluding hydrogens is 354 g/mol. The molecule has 1 heterocycles. The maximum atomic E-state index is 12.4. The Hall–Kier alpha value is -1.66. The van der Waals surface area contributed by atoms with Crippen molar-refractivity contribution in [3.8, 4) is 0 Å². The highest BCUT2D eigenvalue weighted by atomic mass is 79.9. The zero-order valence-corrected chi connectivity index (χ0v) is 14.2. The first kappa shape index (κ1) is 15.7. The summed E-state index contributed by atoms with van der Waals surface area (Å²) in [5.41, 5.74) is 2.77. The van der Waals surface area contributed by atoms with Crippen molar-refractivity contribution in [3.63, 3.8) is 0 Å². The molecule has 1 amide bonds. The van der Waals surface area contributed by atoms with Crippen LogP contribution in [0.4, 0.5) is 5.69 Å². The molecule has 0 aliphatic heterocycles. The van der Waals surface area contributed by atoms with Crippen LogP contribution in [0.5, 0.6) is 0 Å². The first-order valence-electron chi connectivity index (χ1n) is 6.18. The summed E-state index contributed by atoms with van der Waals surface area (Å²) in [6.45, 7) is 3.70. The van der Waals surface area contributed by atoms with Crippen LogP contribution in [0.2, 0.25) is 0 Å². The van der Waals surface area contributed by atoms with Crippen LogP contribution in [-0.2, 0) is 4.74 Å². The highest BCUT2D eigenvalue weighted by Crippen LogP contribution is 2.29. The minimum atomic E-state index is -0.448. The molecular formula is C15H14BrNO3S. The van der Waals surface area contributed by atoms with E-state index in [0.717, 1.165) is 15.6 Å². The molecule has 0 fully saturated rings. The minimum Gasteiger partial charge on any atom is -0.465 e. The van der Waals surface area contributed by atoms with E-state index in [4.69, 9.17) is 4.74 Å². The van der Waals surface area contributed by atoms with Crippen molar-refractivity contribution < 1.29 is 14.3 Å². The lowest BCUT2D eigenvalue weighted by atomic mass is 10.1. The Morgan fingerprint density at radius 2 is 1.95 bits per heavy atom. The average Bonchev–Trinajstić information content (AvgIpc) is 2.79. The summed E-state index contributed by atoms with van der Waals surface area (Å²) >= 11 is 4.62. The second-order valence-corrected chi connectivity index (χ2v) is 6.32. The van der Waals surface area contributed by atoms with Gasteiger partial charge in [0.1, 0.15) is 4.88 Å². The van der Waals surface area contributed by atoms with E-state index in [2.05, 4.69) is 21.2 Å². The Kier molecular flexibility index (Phi) is 4.80. The summed E-state index contributed by atoms with van der Waals surface area (Å²) in [6, 6.07) is 5.43. The van der Waals surface area contributed by atoms with Crippen molar-refractivity contribution in [2.45, 2.75) is 13.8 Å². The Morgan fingerprint density at radius 3 is 2.57 bits per heavy atom. The third-order valence-corrected chi connectivity index (χ3v) is 4.59. The maximum absolute atomic E-state index is 12.4. The fraction of sp³-hybridized carbons (Fsp3) is 0.200. The molecule has 0 atom stereocenters. The number of hydrogen-bond acceptors (Lipinski definition) is 4. The standard InChI is InChI=1S/C15H14BrNO3S/c1-8-6-10(16)4-5-11(8)14(18)17-12-9(2)7-21-13(12)15(19)20-3/h4-7H,1-3H3,(H,17,18). The smallest absolute Gasteiger partial charge is 0.350 e. The van der Waals surface area contributed by atoms with Crippen LogP contribution in [0.3, 0.4) is 0 Å². The normalized spacial score (nSPS) is 10.3. The number of aryl methyl sites for hydroxylation is 2. The molecule has 1 N–H and O–H groups in total. The van der Waals surface area contributed by atoms with Gasteiger partial charge in [0.15, 0.2) is 0 Å². The number of benzene rings is 1. The summed E-state index contributed by atoms with van der Waals surface area (Å²) in [5.74, 6) is -0.692. The summed E-state index contributed by atoms with van der Waals surface area (Å²) in [7, 11) is 1.32. The van der Waals surface area contributed by atoms with Crippen LogP contribution in [0, 0.1) is 13.8 Å². The Morgan fingerprint density at radius 1 is 1.24 bits per heavy atom. The van der Waals surface area contributed by atoms with Gasteiger partial charge in [-0.2, -0.15) is 0 Å². The molecule has 0 bridgehead atoms. The molecule has 0 radical (unpaired) electrons.